The third-order valence-electron chi connectivity index (χ3n) is 1.83. The first-order valence-electron chi connectivity index (χ1n) is 4.37. The number of hydrogen-bond donors (Lipinski definition) is 1. The SMILES string of the molecule is CSCC(C)NC(C)c1cncs1. The molecule has 0 saturated heterocycles. The van der Waals surface area contributed by atoms with E-state index in [1.807, 2.05) is 23.5 Å². The van der Waals surface area contributed by atoms with Crippen molar-refractivity contribution in [1.82, 2.24) is 10.3 Å². The second-order valence-electron chi connectivity index (χ2n) is 3.15. The van der Waals surface area contributed by atoms with Gasteiger partial charge >= 0.3 is 0 Å². The molecule has 0 fully saturated rings. The monoisotopic (exact) mass is 216 g/mol. The molecule has 4 heteroatoms. The van der Waals surface area contributed by atoms with Crippen LogP contribution in [-0.4, -0.2) is 23.0 Å². The van der Waals surface area contributed by atoms with E-state index in [4.69, 9.17) is 0 Å². The third kappa shape index (κ3) is 3.67. The number of thiazole rings is 1. The lowest BCUT2D eigenvalue weighted by Gasteiger charge is -2.17. The lowest BCUT2D eigenvalue weighted by atomic mass is 10.2. The van der Waals surface area contributed by atoms with Crippen molar-refractivity contribution in [3.05, 3.63) is 16.6 Å². The van der Waals surface area contributed by atoms with Gasteiger partial charge < -0.3 is 5.32 Å². The third-order valence-corrected chi connectivity index (χ3v) is 3.62. The minimum Gasteiger partial charge on any atom is -0.306 e. The Morgan fingerprint density at radius 3 is 2.92 bits per heavy atom. The van der Waals surface area contributed by atoms with Gasteiger partial charge in [-0.2, -0.15) is 11.8 Å². The summed E-state index contributed by atoms with van der Waals surface area (Å²) in [4.78, 5) is 5.38. The van der Waals surface area contributed by atoms with Crippen LogP contribution in [0.2, 0.25) is 0 Å². The van der Waals surface area contributed by atoms with Crippen LogP contribution in [0.3, 0.4) is 0 Å². The lowest BCUT2D eigenvalue weighted by molar-refractivity contribution is 0.517. The van der Waals surface area contributed by atoms with Crippen molar-refractivity contribution in [2.45, 2.75) is 25.9 Å². The van der Waals surface area contributed by atoms with Crippen molar-refractivity contribution in [2.75, 3.05) is 12.0 Å². The van der Waals surface area contributed by atoms with Crippen molar-refractivity contribution in [3.8, 4) is 0 Å². The Kier molecular flexibility index (Phi) is 4.77. The molecule has 1 heterocycles. The predicted molar refractivity (Wildman–Crippen MR) is 61.5 cm³/mol. The van der Waals surface area contributed by atoms with E-state index in [1.54, 1.807) is 11.3 Å². The van der Waals surface area contributed by atoms with Gasteiger partial charge in [-0.1, -0.05) is 0 Å². The molecule has 0 aromatic carbocycles. The molecule has 1 aromatic rings. The smallest absolute Gasteiger partial charge is 0.0794 e. The van der Waals surface area contributed by atoms with Gasteiger partial charge in [0.25, 0.3) is 0 Å². The maximum absolute atomic E-state index is 4.07. The summed E-state index contributed by atoms with van der Waals surface area (Å²) < 4.78 is 0. The summed E-state index contributed by atoms with van der Waals surface area (Å²) in [6, 6.07) is 0.988. The van der Waals surface area contributed by atoms with E-state index in [-0.39, 0.29) is 0 Å². The average Bonchev–Trinajstić information content (AvgIpc) is 2.55. The van der Waals surface area contributed by atoms with E-state index in [0.29, 0.717) is 12.1 Å². The Hall–Kier alpha value is -0.0600. The first-order valence-corrected chi connectivity index (χ1v) is 6.64. The van der Waals surface area contributed by atoms with Gasteiger partial charge in [-0.3, -0.25) is 4.98 Å². The van der Waals surface area contributed by atoms with Gasteiger partial charge in [0.1, 0.15) is 0 Å². The first-order chi connectivity index (χ1) is 6.24. The lowest BCUT2D eigenvalue weighted by Crippen LogP contribution is -2.30. The van der Waals surface area contributed by atoms with E-state index in [9.17, 15) is 0 Å². The van der Waals surface area contributed by atoms with Gasteiger partial charge in [-0.15, -0.1) is 11.3 Å². The summed E-state index contributed by atoms with van der Waals surface area (Å²) in [6.45, 7) is 4.40. The van der Waals surface area contributed by atoms with Gasteiger partial charge in [-0.05, 0) is 20.1 Å². The van der Waals surface area contributed by atoms with Gasteiger partial charge in [-0.25, -0.2) is 0 Å². The zero-order valence-electron chi connectivity index (χ0n) is 8.28. The molecule has 0 aliphatic heterocycles. The van der Waals surface area contributed by atoms with E-state index >= 15 is 0 Å². The molecule has 0 amide bonds. The summed E-state index contributed by atoms with van der Waals surface area (Å²) in [5, 5.41) is 3.53. The average molecular weight is 216 g/mol. The molecule has 0 saturated carbocycles. The van der Waals surface area contributed by atoms with Crippen LogP contribution in [-0.2, 0) is 0 Å². The van der Waals surface area contributed by atoms with Gasteiger partial charge in [0, 0.05) is 28.9 Å². The molecule has 13 heavy (non-hydrogen) atoms. The van der Waals surface area contributed by atoms with Crippen LogP contribution in [0.15, 0.2) is 11.7 Å². The molecule has 1 rings (SSSR count). The van der Waals surface area contributed by atoms with Crippen LogP contribution >= 0.6 is 23.1 Å². The topological polar surface area (TPSA) is 24.9 Å². The van der Waals surface area contributed by atoms with Crippen molar-refractivity contribution in [1.29, 1.82) is 0 Å². The quantitative estimate of drug-likeness (QED) is 0.819. The van der Waals surface area contributed by atoms with Crippen LogP contribution in [0.5, 0.6) is 0 Å². The second kappa shape index (κ2) is 5.62. The molecule has 2 unspecified atom stereocenters. The molecular weight excluding hydrogens is 200 g/mol. The second-order valence-corrected chi connectivity index (χ2v) is 4.98. The van der Waals surface area contributed by atoms with Crippen LogP contribution in [0.1, 0.15) is 24.8 Å². The summed E-state index contributed by atoms with van der Waals surface area (Å²) in [5.74, 6) is 1.16. The highest BCUT2D eigenvalue weighted by molar-refractivity contribution is 7.98. The highest BCUT2D eigenvalue weighted by Crippen LogP contribution is 2.17. The molecule has 0 bridgehead atoms. The number of hydrogen-bond acceptors (Lipinski definition) is 4. The summed E-state index contributed by atoms with van der Waals surface area (Å²) in [6.07, 6.45) is 4.07. The Morgan fingerprint density at radius 2 is 2.38 bits per heavy atom. The van der Waals surface area contributed by atoms with E-state index in [2.05, 4.69) is 30.4 Å². The summed E-state index contributed by atoms with van der Waals surface area (Å²) in [5.41, 5.74) is 1.88. The minimum atomic E-state index is 0.426. The number of nitrogens with zero attached hydrogens (tertiary/aromatic N) is 1. The fourth-order valence-corrected chi connectivity index (χ4v) is 2.48. The highest BCUT2D eigenvalue weighted by Gasteiger charge is 2.09. The molecule has 1 aromatic heterocycles. The molecule has 0 radical (unpaired) electrons. The zero-order valence-corrected chi connectivity index (χ0v) is 9.91. The number of aromatic nitrogens is 1. The predicted octanol–water partition coefficient (Wildman–Crippen LogP) is 2.55. The first kappa shape index (κ1) is 11.0. The molecule has 74 valence electrons. The van der Waals surface area contributed by atoms with Crippen LogP contribution in [0.4, 0.5) is 0 Å². The Labute approximate surface area is 88.2 Å². The summed E-state index contributed by atoms with van der Waals surface area (Å²) >= 11 is 3.58. The van der Waals surface area contributed by atoms with E-state index < -0.39 is 0 Å². The molecule has 1 N–H and O–H groups in total. The summed E-state index contributed by atoms with van der Waals surface area (Å²) in [7, 11) is 0. The molecule has 0 spiro atoms. The maximum atomic E-state index is 4.07. The molecule has 0 aliphatic carbocycles. The van der Waals surface area contributed by atoms with Crippen LogP contribution < -0.4 is 5.32 Å². The largest absolute Gasteiger partial charge is 0.306 e. The van der Waals surface area contributed by atoms with Gasteiger partial charge in [0.2, 0.25) is 0 Å². The highest BCUT2D eigenvalue weighted by atomic mass is 32.2. The normalized spacial score (nSPS) is 15.6. The molecular formula is C9H16N2S2. The number of rotatable bonds is 5. The van der Waals surface area contributed by atoms with Gasteiger partial charge in [0.15, 0.2) is 0 Å². The fourth-order valence-electron chi connectivity index (χ4n) is 1.25. The molecule has 0 aliphatic rings. The van der Waals surface area contributed by atoms with E-state index in [1.165, 1.54) is 4.88 Å². The van der Waals surface area contributed by atoms with Crippen molar-refractivity contribution in [3.63, 3.8) is 0 Å². The van der Waals surface area contributed by atoms with Crippen LogP contribution in [0.25, 0.3) is 0 Å². The van der Waals surface area contributed by atoms with E-state index in [0.717, 1.165) is 5.75 Å². The number of nitrogens with one attached hydrogen (secondary N) is 1. The fraction of sp³-hybridized carbons (Fsp3) is 0.667. The Balaban J connectivity index is 2.37. The van der Waals surface area contributed by atoms with Crippen molar-refractivity contribution < 1.29 is 0 Å². The van der Waals surface area contributed by atoms with Crippen LogP contribution in [0, 0.1) is 0 Å². The van der Waals surface area contributed by atoms with Gasteiger partial charge in [0.05, 0.1) is 5.51 Å². The minimum absolute atomic E-state index is 0.426. The number of thioether (sulfide) groups is 1. The zero-order chi connectivity index (χ0) is 9.68. The standard InChI is InChI=1S/C9H16N2S2/c1-7(5-12-3)11-8(2)9-4-10-6-13-9/h4,6-8,11H,5H2,1-3H3. The molecule has 2 nitrogen and oxygen atoms in total. The van der Waals surface area contributed by atoms with Crippen molar-refractivity contribution >= 4 is 23.1 Å². The van der Waals surface area contributed by atoms with Crippen molar-refractivity contribution in [2.24, 2.45) is 0 Å². The maximum Gasteiger partial charge on any atom is 0.0794 e. The Bertz CT molecular complexity index is 224. The Morgan fingerprint density at radius 1 is 1.62 bits per heavy atom. The molecule has 2 atom stereocenters.